The lowest BCUT2D eigenvalue weighted by Crippen LogP contribution is -2.01. The number of aliphatic carboxylic acids is 1. The van der Waals surface area contributed by atoms with Gasteiger partial charge >= 0.3 is 5.97 Å². The van der Waals surface area contributed by atoms with E-state index in [2.05, 4.69) is 0 Å². The van der Waals surface area contributed by atoms with Crippen LogP contribution in [0.25, 0.3) is 0 Å². The van der Waals surface area contributed by atoms with Gasteiger partial charge < -0.3 is 5.11 Å². The lowest BCUT2D eigenvalue weighted by Gasteiger charge is -2.05. The SMILES string of the molecule is CSc1ccc(C(=O)CCCCC(=O)O)c(Cl)c1. The maximum absolute atomic E-state index is 11.9. The fourth-order valence-electron chi connectivity index (χ4n) is 1.55. The first-order valence-corrected chi connectivity index (χ1v) is 7.23. The fraction of sp³-hybridized carbons (Fsp3) is 0.385. The molecule has 0 amide bonds. The maximum atomic E-state index is 11.9. The van der Waals surface area contributed by atoms with Gasteiger partial charge in [-0.15, -0.1) is 11.8 Å². The molecule has 1 N–H and O–H groups in total. The summed E-state index contributed by atoms with van der Waals surface area (Å²) in [5.41, 5.74) is 0.518. The topological polar surface area (TPSA) is 54.4 Å². The molecule has 1 rings (SSSR count). The third-order valence-corrected chi connectivity index (χ3v) is 3.56. The summed E-state index contributed by atoms with van der Waals surface area (Å²) in [7, 11) is 0. The minimum absolute atomic E-state index is 0.0296. The molecule has 3 nitrogen and oxygen atoms in total. The average molecular weight is 287 g/mol. The number of carbonyl (C=O) groups is 2. The standard InChI is InChI=1S/C13H15ClO3S/c1-18-9-6-7-10(11(14)8-9)12(15)4-2-3-5-13(16)17/h6-8H,2-5H2,1H3,(H,16,17). The molecule has 0 fully saturated rings. The molecular weight excluding hydrogens is 272 g/mol. The molecule has 0 bridgehead atoms. The number of hydrogen-bond donors (Lipinski definition) is 1. The monoisotopic (exact) mass is 286 g/mol. The summed E-state index contributed by atoms with van der Waals surface area (Å²) < 4.78 is 0. The maximum Gasteiger partial charge on any atom is 0.303 e. The van der Waals surface area contributed by atoms with Crippen molar-refractivity contribution in [1.82, 2.24) is 0 Å². The second-order valence-electron chi connectivity index (χ2n) is 3.87. The van der Waals surface area contributed by atoms with Gasteiger partial charge in [-0.05, 0) is 37.3 Å². The second-order valence-corrected chi connectivity index (χ2v) is 5.16. The summed E-state index contributed by atoms with van der Waals surface area (Å²) in [5.74, 6) is -0.858. The molecule has 0 unspecified atom stereocenters. The van der Waals surface area contributed by atoms with Gasteiger partial charge in [-0.25, -0.2) is 0 Å². The van der Waals surface area contributed by atoms with Crippen molar-refractivity contribution in [3.63, 3.8) is 0 Å². The Kier molecular flexibility index (Phi) is 6.22. The molecule has 0 spiro atoms. The normalized spacial score (nSPS) is 10.3. The number of benzene rings is 1. The summed E-state index contributed by atoms with van der Waals surface area (Å²) in [6.45, 7) is 0. The van der Waals surface area contributed by atoms with Crippen molar-refractivity contribution in [2.75, 3.05) is 6.26 Å². The summed E-state index contributed by atoms with van der Waals surface area (Å²) >= 11 is 7.61. The lowest BCUT2D eigenvalue weighted by atomic mass is 10.0. The molecule has 0 atom stereocenters. The highest BCUT2D eigenvalue weighted by Crippen LogP contribution is 2.24. The Hall–Kier alpha value is -1.00. The minimum Gasteiger partial charge on any atom is -0.481 e. The van der Waals surface area contributed by atoms with E-state index < -0.39 is 5.97 Å². The molecule has 98 valence electrons. The third-order valence-electron chi connectivity index (χ3n) is 2.52. The zero-order chi connectivity index (χ0) is 13.5. The Morgan fingerprint density at radius 2 is 1.94 bits per heavy atom. The van der Waals surface area contributed by atoms with Gasteiger partial charge in [0.2, 0.25) is 0 Å². The van der Waals surface area contributed by atoms with Crippen molar-refractivity contribution in [3.8, 4) is 0 Å². The Bertz CT molecular complexity index is 446. The smallest absolute Gasteiger partial charge is 0.303 e. The first-order chi connectivity index (χ1) is 8.54. The molecule has 0 saturated heterocycles. The average Bonchev–Trinajstić information content (AvgIpc) is 2.33. The molecule has 1 aromatic carbocycles. The van der Waals surface area contributed by atoms with E-state index in [4.69, 9.17) is 16.7 Å². The molecule has 0 aliphatic carbocycles. The number of carboxylic acid groups (broad SMARTS) is 1. The van der Waals surface area contributed by atoms with Crippen LogP contribution in [0.4, 0.5) is 0 Å². The van der Waals surface area contributed by atoms with E-state index in [1.54, 1.807) is 23.9 Å². The van der Waals surface area contributed by atoms with Gasteiger partial charge in [-0.3, -0.25) is 9.59 Å². The van der Waals surface area contributed by atoms with Gasteiger partial charge in [0, 0.05) is 23.3 Å². The van der Waals surface area contributed by atoms with Crippen LogP contribution in [0.2, 0.25) is 5.02 Å². The Morgan fingerprint density at radius 1 is 1.28 bits per heavy atom. The molecule has 0 aliphatic rings. The highest BCUT2D eigenvalue weighted by atomic mass is 35.5. The van der Waals surface area contributed by atoms with Crippen LogP contribution in [0, 0.1) is 0 Å². The van der Waals surface area contributed by atoms with Crippen molar-refractivity contribution >= 4 is 35.1 Å². The predicted molar refractivity (Wildman–Crippen MR) is 73.7 cm³/mol. The fourth-order valence-corrected chi connectivity index (χ4v) is 2.34. The minimum atomic E-state index is -0.829. The van der Waals surface area contributed by atoms with E-state index >= 15 is 0 Å². The van der Waals surface area contributed by atoms with E-state index in [-0.39, 0.29) is 12.2 Å². The zero-order valence-electron chi connectivity index (χ0n) is 10.1. The zero-order valence-corrected chi connectivity index (χ0v) is 11.7. The van der Waals surface area contributed by atoms with Gasteiger partial charge in [0.1, 0.15) is 0 Å². The van der Waals surface area contributed by atoms with Crippen LogP contribution in [-0.2, 0) is 4.79 Å². The van der Waals surface area contributed by atoms with Crippen molar-refractivity contribution in [2.24, 2.45) is 0 Å². The number of ketones is 1. The molecule has 0 aliphatic heterocycles. The molecule has 5 heteroatoms. The summed E-state index contributed by atoms with van der Waals surface area (Å²) in [6.07, 6.45) is 3.48. The van der Waals surface area contributed by atoms with Crippen LogP contribution < -0.4 is 0 Å². The van der Waals surface area contributed by atoms with Crippen LogP contribution >= 0.6 is 23.4 Å². The Labute approximate surface area is 116 Å². The van der Waals surface area contributed by atoms with Crippen molar-refractivity contribution in [3.05, 3.63) is 28.8 Å². The van der Waals surface area contributed by atoms with E-state index in [0.29, 0.717) is 29.8 Å². The summed E-state index contributed by atoms with van der Waals surface area (Å²) in [4.78, 5) is 23.2. The van der Waals surface area contributed by atoms with Gasteiger partial charge in [0.25, 0.3) is 0 Å². The van der Waals surface area contributed by atoms with E-state index in [1.165, 1.54) is 0 Å². The second kappa shape index (κ2) is 7.44. The number of carboxylic acids is 1. The van der Waals surface area contributed by atoms with Crippen LogP contribution in [0.5, 0.6) is 0 Å². The molecule has 0 saturated carbocycles. The van der Waals surface area contributed by atoms with Crippen molar-refractivity contribution in [1.29, 1.82) is 0 Å². The lowest BCUT2D eigenvalue weighted by molar-refractivity contribution is -0.137. The van der Waals surface area contributed by atoms with Gasteiger partial charge in [-0.2, -0.15) is 0 Å². The predicted octanol–water partition coefficient (Wildman–Crippen LogP) is 3.89. The Morgan fingerprint density at radius 3 is 2.50 bits per heavy atom. The van der Waals surface area contributed by atoms with E-state index in [0.717, 1.165) is 4.90 Å². The van der Waals surface area contributed by atoms with Crippen LogP contribution in [0.1, 0.15) is 36.0 Å². The van der Waals surface area contributed by atoms with Gasteiger partial charge in [0.15, 0.2) is 5.78 Å². The highest BCUT2D eigenvalue weighted by molar-refractivity contribution is 7.98. The molecular formula is C13H15ClO3S. The van der Waals surface area contributed by atoms with Crippen LogP contribution in [0.15, 0.2) is 23.1 Å². The van der Waals surface area contributed by atoms with Crippen molar-refractivity contribution in [2.45, 2.75) is 30.6 Å². The van der Waals surface area contributed by atoms with Crippen LogP contribution in [0.3, 0.4) is 0 Å². The quantitative estimate of drug-likeness (QED) is 0.469. The number of halogens is 1. The number of thioether (sulfide) groups is 1. The van der Waals surface area contributed by atoms with Crippen molar-refractivity contribution < 1.29 is 14.7 Å². The summed E-state index contributed by atoms with van der Waals surface area (Å²) in [6, 6.07) is 5.37. The van der Waals surface area contributed by atoms with Gasteiger partial charge in [0.05, 0.1) is 5.02 Å². The van der Waals surface area contributed by atoms with E-state index in [9.17, 15) is 9.59 Å². The number of rotatable bonds is 7. The third kappa shape index (κ3) is 4.70. The first kappa shape index (κ1) is 15.1. The van der Waals surface area contributed by atoms with E-state index in [1.807, 2.05) is 12.3 Å². The molecule has 0 radical (unpaired) electrons. The largest absolute Gasteiger partial charge is 0.481 e. The molecule has 0 aromatic heterocycles. The van der Waals surface area contributed by atoms with Gasteiger partial charge in [-0.1, -0.05) is 11.6 Å². The number of Topliss-reactive ketones (excluding diaryl/α,β-unsaturated/α-hetero) is 1. The number of unbranched alkanes of at least 4 members (excludes halogenated alkanes) is 1. The molecule has 18 heavy (non-hydrogen) atoms. The first-order valence-electron chi connectivity index (χ1n) is 5.63. The number of hydrogen-bond acceptors (Lipinski definition) is 3. The molecule has 1 aromatic rings. The summed E-state index contributed by atoms with van der Waals surface area (Å²) in [5, 5.41) is 8.95. The Balaban J connectivity index is 2.54. The highest BCUT2D eigenvalue weighted by Gasteiger charge is 2.10. The van der Waals surface area contributed by atoms with Crippen LogP contribution in [-0.4, -0.2) is 23.1 Å². The number of carbonyl (C=O) groups excluding carboxylic acids is 1. The molecule has 0 heterocycles.